The van der Waals surface area contributed by atoms with E-state index >= 15 is 0 Å². The summed E-state index contributed by atoms with van der Waals surface area (Å²) in [5.41, 5.74) is 1.48. The third kappa shape index (κ3) is 4.55. The van der Waals surface area contributed by atoms with E-state index in [-0.39, 0.29) is 5.97 Å². The highest BCUT2D eigenvalue weighted by Crippen LogP contribution is 2.30. The third-order valence-electron chi connectivity index (χ3n) is 5.18. The van der Waals surface area contributed by atoms with Crippen LogP contribution in [0.5, 0.6) is 0 Å². The van der Waals surface area contributed by atoms with E-state index < -0.39 is 17.5 Å². The number of hydrogen-bond acceptors (Lipinski definition) is 7. The van der Waals surface area contributed by atoms with Gasteiger partial charge in [-0.1, -0.05) is 30.3 Å². The lowest BCUT2D eigenvalue weighted by Gasteiger charge is -2.32. The topological polar surface area (TPSA) is 94.6 Å². The minimum Gasteiger partial charge on any atom is -0.462 e. The van der Waals surface area contributed by atoms with E-state index in [0.29, 0.717) is 35.7 Å². The molecule has 0 saturated carbocycles. The van der Waals surface area contributed by atoms with Crippen molar-refractivity contribution in [3.63, 3.8) is 0 Å². The average Bonchev–Trinajstić information content (AvgIpc) is 3.21. The van der Waals surface area contributed by atoms with Crippen LogP contribution in [0, 0.1) is 0 Å². The zero-order chi connectivity index (χ0) is 22.7. The van der Waals surface area contributed by atoms with Crippen molar-refractivity contribution in [2.24, 2.45) is 0 Å². The third-order valence-corrected chi connectivity index (χ3v) is 6.09. The van der Waals surface area contributed by atoms with Crippen LogP contribution in [-0.4, -0.2) is 35.0 Å². The van der Waals surface area contributed by atoms with Gasteiger partial charge >= 0.3 is 11.9 Å². The number of rotatable bonds is 6. The van der Waals surface area contributed by atoms with E-state index in [0.717, 1.165) is 16.0 Å². The molecule has 1 aliphatic rings. The molecule has 2 heterocycles. The van der Waals surface area contributed by atoms with Crippen molar-refractivity contribution in [2.75, 3.05) is 11.9 Å². The molecule has 1 atom stereocenters. The first-order valence-electron chi connectivity index (χ1n) is 10.2. The lowest BCUT2D eigenvalue weighted by molar-refractivity contribution is -0.134. The van der Waals surface area contributed by atoms with Crippen molar-refractivity contribution in [3.05, 3.63) is 81.9 Å². The SMILES string of the molecule is CCOC(=O)c1ccc(Cc2cnc(NC(=O)C3(C)Cc4ccccc4C(=O)O3)s2)cc1. The molecule has 7 nitrogen and oxygen atoms in total. The molecule has 164 valence electrons. The fourth-order valence-corrected chi connectivity index (χ4v) is 4.35. The van der Waals surface area contributed by atoms with E-state index in [9.17, 15) is 14.4 Å². The molecule has 0 radical (unpaired) electrons. The number of ether oxygens (including phenoxy) is 2. The van der Waals surface area contributed by atoms with Crippen molar-refractivity contribution in [2.45, 2.75) is 32.3 Å². The molecule has 1 aliphatic heterocycles. The first kappa shape index (κ1) is 21.7. The Morgan fingerprint density at radius 1 is 1.19 bits per heavy atom. The molecule has 0 aliphatic carbocycles. The Morgan fingerprint density at radius 2 is 1.94 bits per heavy atom. The molecule has 32 heavy (non-hydrogen) atoms. The van der Waals surface area contributed by atoms with Crippen LogP contribution in [0.1, 0.15) is 50.6 Å². The Bertz CT molecular complexity index is 1170. The maximum atomic E-state index is 12.9. The van der Waals surface area contributed by atoms with Crippen LogP contribution in [0.4, 0.5) is 5.13 Å². The molecule has 1 aromatic heterocycles. The van der Waals surface area contributed by atoms with Crippen molar-refractivity contribution < 1.29 is 23.9 Å². The molecule has 4 rings (SSSR count). The van der Waals surface area contributed by atoms with Gasteiger partial charge in [0.2, 0.25) is 0 Å². The van der Waals surface area contributed by atoms with E-state index in [4.69, 9.17) is 9.47 Å². The Kier molecular flexibility index (Phi) is 6.05. The second-order valence-corrected chi connectivity index (χ2v) is 8.75. The summed E-state index contributed by atoms with van der Waals surface area (Å²) in [5, 5.41) is 3.21. The lowest BCUT2D eigenvalue weighted by Crippen LogP contribution is -2.48. The van der Waals surface area contributed by atoms with Crippen LogP contribution >= 0.6 is 11.3 Å². The number of carbonyl (C=O) groups is 3. The van der Waals surface area contributed by atoms with Crippen molar-refractivity contribution in [1.82, 2.24) is 4.98 Å². The number of esters is 2. The van der Waals surface area contributed by atoms with Gasteiger partial charge in [-0.2, -0.15) is 0 Å². The Balaban J connectivity index is 1.40. The molecular weight excluding hydrogens is 428 g/mol. The number of nitrogens with one attached hydrogen (secondary N) is 1. The van der Waals surface area contributed by atoms with Gasteiger partial charge in [-0.15, -0.1) is 11.3 Å². The minimum atomic E-state index is -1.31. The van der Waals surface area contributed by atoms with Crippen LogP contribution in [0.25, 0.3) is 0 Å². The number of anilines is 1. The molecule has 0 bridgehead atoms. The van der Waals surface area contributed by atoms with Crippen LogP contribution in [0.2, 0.25) is 0 Å². The van der Waals surface area contributed by atoms with Crippen LogP contribution in [0.3, 0.4) is 0 Å². The van der Waals surface area contributed by atoms with E-state index in [1.165, 1.54) is 11.3 Å². The van der Waals surface area contributed by atoms with Crippen molar-refractivity contribution in [1.29, 1.82) is 0 Å². The Morgan fingerprint density at radius 3 is 2.69 bits per heavy atom. The van der Waals surface area contributed by atoms with Gasteiger partial charge in [0.1, 0.15) is 0 Å². The maximum absolute atomic E-state index is 12.9. The molecule has 0 spiro atoms. The predicted molar refractivity (Wildman–Crippen MR) is 120 cm³/mol. The summed E-state index contributed by atoms with van der Waals surface area (Å²) in [6.07, 6.45) is 2.60. The quantitative estimate of drug-likeness (QED) is 0.570. The van der Waals surface area contributed by atoms with Crippen LogP contribution in [0.15, 0.2) is 54.7 Å². The number of amides is 1. The number of aromatic nitrogens is 1. The molecule has 1 amide bonds. The van der Waals surface area contributed by atoms with Crippen LogP contribution in [-0.2, 0) is 27.1 Å². The minimum absolute atomic E-state index is 0.297. The standard InChI is InChI=1S/C24H22N2O5S/c1-3-30-20(27)16-10-8-15(9-11-16)12-18-14-25-23(32-18)26-22(29)24(2)13-17-6-4-5-7-19(17)21(28)31-24/h4-11,14H,3,12-13H2,1-2H3,(H,25,26,29). The van der Waals surface area contributed by atoms with Gasteiger partial charge < -0.3 is 9.47 Å². The monoisotopic (exact) mass is 450 g/mol. The summed E-state index contributed by atoms with van der Waals surface area (Å²) in [4.78, 5) is 42.2. The molecular formula is C24H22N2O5S. The maximum Gasteiger partial charge on any atom is 0.339 e. The smallest absolute Gasteiger partial charge is 0.339 e. The first-order chi connectivity index (χ1) is 15.4. The highest BCUT2D eigenvalue weighted by molar-refractivity contribution is 7.15. The zero-order valence-electron chi connectivity index (χ0n) is 17.7. The second-order valence-electron chi connectivity index (χ2n) is 7.63. The molecule has 1 N–H and O–H groups in total. The zero-order valence-corrected chi connectivity index (χ0v) is 18.5. The predicted octanol–water partition coefficient (Wildman–Crippen LogP) is 4.02. The molecule has 0 saturated heterocycles. The molecule has 8 heteroatoms. The van der Waals surface area contributed by atoms with Crippen molar-refractivity contribution in [3.8, 4) is 0 Å². The van der Waals surface area contributed by atoms with E-state index in [1.54, 1.807) is 44.3 Å². The van der Waals surface area contributed by atoms with E-state index in [2.05, 4.69) is 10.3 Å². The van der Waals surface area contributed by atoms with Gasteiger partial charge in [0.05, 0.1) is 17.7 Å². The summed E-state index contributed by atoms with van der Waals surface area (Å²) < 4.78 is 10.5. The number of cyclic esters (lactones) is 1. The van der Waals surface area contributed by atoms with Gasteiger partial charge in [0, 0.05) is 23.9 Å². The summed E-state index contributed by atoms with van der Waals surface area (Å²) in [7, 11) is 0. The molecule has 1 unspecified atom stereocenters. The normalized spacial score (nSPS) is 17.2. The fraction of sp³-hybridized carbons (Fsp3) is 0.250. The first-order valence-corrected chi connectivity index (χ1v) is 11.0. The largest absolute Gasteiger partial charge is 0.462 e. The van der Waals surface area contributed by atoms with Gasteiger partial charge in [-0.05, 0) is 43.2 Å². The molecule has 0 fully saturated rings. The van der Waals surface area contributed by atoms with E-state index in [1.807, 2.05) is 24.3 Å². The second kappa shape index (κ2) is 8.92. The van der Waals surface area contributed by atoms with Gasteiger partial charge in [0.15, 0.2) is 10.7 Å². The fourth-order valence-electron chi connectivity index (χ4n) is 3.51. The number of carbonyl (C=O) groups excluding carboxylic acids is 3. The number of nitrogens with zero attached hydrogens (tertiary/aromatic N) is 1. The molecule has 3 aromatic rings. The Hall–Kier alpha value is -3.52. The van der Waals surface area contributed by atoms with Gasteiger partial charge in [0.25, 0.3) is 5.91 Å². The Labute approximate surface area is 189 Å². The number of hydrogen-bond donors (Lipinski definition) is 1. The summed E-state index contributed by atoms with van der Waals surface area (Å²) in [6, 6.07) is 14.3. The van der Waals surface area contributed by atoms with Gasteiger partial charge in [-0.3, -0.25) is 10.1 Å². The summed E-state index contributed by atoms with van der Waals surface area (Å²) >= 11 is 1.35. The van der Waals surface area contributed by atoms with Gasteiger partial charge in [-0.25, -0.2) is 14.6 Å². The van der Waals surface area contributed by atoms with Crippen LogP contribution < -0.4 is 5.32 Å². The number of fused-ring (bicyclic) bond motifs is 1. The highest BCUT2D eigenvalue weighted by atomic mass is 32.1. The lowest BCUT2D eigenvalue weighted by atomic mass is 9.89. The highest BCUT2D eigenvalue weighted by Gasteiger charge is 2.42. The number of benzene rings is 2. The summed E-state index contributed by atoms with van der Waals surface area (Å²) in [6.45, 7) is 3.71. The average molecular weight is 451 g/mol. The summed E-state index contributed by atoms with van der Waals surface area (Å²) in [5.74, 6) is -1.27. The number of thiazole rings is 1. The molecule has 2 aromatic carbocycles. The van der Waals surface area contributed by atoms with Crippen molar-refractivity contribution >= 4 is 34.3 Å².